The molecule has 2 bridgehead atoms. The van der Waals surface area contributed by atoms with Gasteiger partial charge in [-0.05, 0) is 63.1 Å². The number of anilines is 1. The van der Waals surface area contributed by atoms with E-state index in [2.05, 4.69) is 14.8 Å². The van der Waals surface area contributed by atoms with Crippen molar-refractivity contribution >= 4 is 51.0 Å². The van der Waals surface area contributed by atoms with Gasteiger partial charge in [0.05, 0.1) is 17.3 Å². The quantitative estimate of drug-likeness (QED) is 0.261. The SMILES string of the molecule is O=C1C[C@H](C(=O)N2C3CC[C@H]2CN(c2nc(OCC45CCCN4CCC5)nc4c(F)c(-c5cccc6cccc(Cl)c56)ncc24)C3)O1. The molecular formula is C35H34ClFN6O4. The highest BCUT2D eigenvalue weighted by atomic mass is 35.5. The Hall–Kier alpha value is -4.09. The molecule has 9 rings (SSSR count). The van der Waals surface area contributed by atoms with Gasteiger partial charge in [0, 0.05) is 47.3 Å². The Morgan fingerprint density at radius 3 is 2.51 bits per heavy atom. The summed E-state index contributed by atoms with van der Waals surface area (Å²) >= 11 is 6.63. The van der Waals surface area contributed by atoms with E-state index < -0.39 is 11.9 Å². The lowest BCUT2D eigenvalue weighted by molar-refractivity contribution is -0.180. The number of esters is 1. The fourth-order valence-corrected chi connectivity index (χ4v) is 8.99. The summed E-state index contributed by atoms with van der Waals surface area (Å²) in [5.41, 5.74) is 0.853. The molecule has 0 aliphatic carbocycles. The molecule has 5 aliphatic heterocycles. The Labute approximate surface area is 275 Å². The third-order valence-electron chi connectivity index (χ3n) is 11.0. The van der Waals surface area contributed by atoms with Gasteiger partial charge in [0.2, 0.25) is 0 Å². The predicted molar refractivity (Wildman–Crippen MR) is 174 cm³/mol. The van der Waals surface area contributed by atoms with Gasteiger partial charge in [0.15, 0.2) is 11.9 Å². The van der Waals surface area contributed by atoms with Crippen LogP contribution in [-0.4, -0.2) is 93.1 Å². The largest absolute Gasteiger partial charge is 0.461 e. The van der Waals surface area contributed by atoms with Gasteiger partial charge in [-0.3, -0.25) is 19.5 Å². The van der Waals surface area contributed by atoms with E-state index in [1.807, 2.05) is 35.2 Å². The maximum absolute atomic E-state index is 16.8. The lowest BCUT2D eigenvalue weighted by Crippen LogP contribution is -2.60. The van der Waals surface area contributed by atoms with Crippen molar-refractivity contribution in [1.82, 2.24) is 24.8 Å². The monoisotopic (exact) mass is 656 g/mol. The summed E-state index contributed by atoms with van der Waals surface area (Å²) in [7, 11) is 0. The van der Waals surface area contributed by atoms with Crippen LogP contribution in [0.1, 0.15) is 44.9 Å². The number of ether oxygens (including phenoxy) is 2. The number of fused-ring (bicyclic) bond motifs is 5. The molecular weight excluding hydrogens is 623 g/mol. The fourth-order valence-electron chi connectivity index (χ4n) is 8.71. The Morgan fingerprint density at radius 1 is 1.06 bits per heavy atom. The maximum Gasteiger partial charge on any atom is 0.319 e. The molecule has 5 fully saturated rings. The van der Waals surface area contributed by atoms with Crippen molar-refractivity contribution in [3.8, 4) is 17.3 Å². The van der Waals surface area contributed by atoms with Crippen molar-refractivity contribution in [3.63, 3.8) is 0 Å². The van der Waals surface area contributed by atoms with E-state index in [0.717, 1.165) is 62.4 Å². The number of pyridine rings is 1. The zero-order chi connectivity index (χ0) is 31.9. The summed E-state index contributed by atoms with van der Waals surface area (Å²) in [5, 5.41) is 2.62. The van der Waals surface area contributed by atoms with Crippen LogP contribution in [0.15, 0.2) is 42.6 Å². The second-order valence-corrected chi connectivity index (χ2v) is 14.0. The minimum atomic E-state index is -0.693. The molecule has 47 heavy (non-hydrogen) atoms. The number of nitrogens with zero attached hydrogens (tertiary/aromatic N) is 6. The second kappa shape index (κ2) is 11.0. The minimum Gasteiger partial charge on any atom is -0.461 e. The van der Waals surface area contributed by atoms with E-state index in [9.17, 15) is 9.59 Å². The van der Waals surface area contributed by atoms with Crippen LogP contribution in [0, 0.1) is 5.82 Å². The maximum atomic E-state index is 16.8. The first-order valence-electron chi connectivity index (χ1n) is 16.6. The molecule has 0 N–H and O–H groups in total. The molecule has 7 heterocycles. The number of carbonyl (C=O) groups excluding carboxylic acids is 2. The number of hydrogen-bond acceptors (Lipinski definition) is 9. The van der Waals surface area contributed by atoms with E-state index in [1.165, 1.54) is 0 Å². The molecule has 0 saturated carbocycles. The summed E-state index contributed by atoms with van der Waals surface area (Å²) in [4.78, 5) is 45.4. The summed E-state index contributed by atoms with van der Waals surface area (Å²) in [6.07, 6.45) is 7.14. The molecule has 242 valence electrons. The molecule has 1 unspecified atom stereocenters. The summed E-state index contributed by atoms with van der Waals surface area (Å²) in [6.45, 7) is 3.60. The molecule has 5 saturated heterocycles. The van der Waals surface area contributed by atoms with E-state index in [1.54, 1.807) is 12.3 Å². The number of hydrogen-bond donors (Lipinski definition) is 0. The van der Waals surface area contributed by atoms with Crippen molar-refractivity contribution in [2.24, 2.45) is 0 Å². The van der Waals surface area contributed by atoms with Crippen molar-refractivity contribution in [1.29, 1.82) is 0 Å². The van der Waals surface area contributed by atoms with Crippen molar-refractivity contribution in [2.45, 2.75) is 68.7 Å². The molecule has 0 spiro atoms. The normalized spacial score (nSPS) is 24.9. The first-order valence-corrected chi connectivity index (χ1v) is 16.9. The molecule has 3 atom stereocenters. The molecule has 2 aromatic heterocycles. The van der Waals surface area contributed by atoms with Crippen LogP contribution in [0.4, 0.5) is 10.2 Å². The average Bonchev–Trinajstić information content (AvgIpc) is 3.72. The number of amides is 1. The summed E-state index contributed by atoms with van der Waals surface area (Å²) in [5.74, 6) is -0.484. The molecule has 4 aromatic rings. The zero-order valence-electron chi connectivity index (χ0n) is 25.8. The number of aromatic nitrogens is 3. The van der Waals surface area contributed by atoms with Crippen LogP contribution in [-0.2, 0) is 14.3 Å². The van der Waals surface area contributed by atoms with Crippen LogP contribution in [0.2, 0.25) is 5.02 Å². The van der Waals surface area contributed by atoms with E-state index >= 15 is 4.39 Å². The smallest absolute Gasteiger partial charge is 0.319 e. The van der Waals surface area contributed by atoms with Crippen LogP contribution < -0.4 is 9.64 Å². The first kappa shape index (κ1) is 29.1. The van der Waals surface area contributed by atoms with Crippen molar-refractivity contribution in [3.05, 3.63) is 53.4 Å². The molecule has 10 nitrogen and oxygen atoms in total. The topological polar surface area (TPSA) is 101 Å². The Kier molecular flexibility index (Phi) is 6.80. The van der Waals surface area contributed by atoms with E-state index in [-0.39, 0.29) is 53.1 Å². The lowest BCUT2D eigenvalue weighted by atomic mass is 9.95. The first-order chi connectivity index (χ1) is 22.9. The number of piperazine rings is 1. The van der Waals surface area contributed by atoms with Gasteiger partial charge in [0.25, 0.3) is 5.91 Å². The third kappa shape index (κ3) is 4.64. The molecule has 0 radical (unpaired) electrons. The zero-order valence-corrected chi connectivity index (χ0v) is 26.6. The Morgan fingerprint density at radius 2 is 1.79 bits per heavy atom. The van der Waals surface area contributed by atoms with Gasteiger partial charge >= 0.3 is 12.0 Å². The van der Waals surface area contributed by atoms with Crippen molar-refractivity contribution < 1.29 is 23.5 Å². The average molecular weight is 657 g/mol. The highest BCUT2D eigenvalue weighted by Gasteiger charge is 2.49. The Balaban J connectivity index is 1.12. The van der Waals surface area contributed by atoms with Gasteiger partial charge < -0.3 is 19.3 Å². The molecule has 5 aliphatic rings. The van der Waals surface area contributed by atoms with Gasteiger partial charge in [-0.25, -0.2) is 4.39 Å². The number of cyclic esters (lactones) is 1. The van der Waals surface area contributed by atoms with E-state index in [0.29, 0.717) is 41.5 Å². The number of rotatable bonds is 6. The van der Waals surface area contributed by atoms with Crippen LogP contribution >= 0.6 is 11.6 Å². The van der Waals surface area contributed by atoms with E-state index in [4.69, 9.17) is 31.0 Å². The number of halogens is 2. The van der Waals surface area contributed by atoms with Crippen LogP contribution in [0.3, 0.4) is 0 Å². The standard InChI is InChI=1S/C35H34ClFN6O4/c36-25-8-2-6-20-5-1-7-23(28(20)25)30-29(37)31-24(16-38-30)32(40-34(39-31)46-19-35-11-3-13-42(35)14-4-12-35)41-17-21-9-10-22(18-41)43(21)33(45)26-15-27(44)47-26/h1-2,5-8,16,21-22,26H,3-4,9-15,17-19H2/t21-,22?,26+/m0/s1. The highest BCUT2D eigenvalue weighted by molar-refractivity contribution is 6.36. The summed E-state index contributed by atoms with van der Waals surface area (Å²) in [6, 6.07) is 11.2. The molecule has 2 aromatic carbocycles. The highest BCUT2D eigenvalue weighted by Crippen LogP contribution is 2.42. The fraction of sp³-hybridized carbons (Fsp3) is 0.457. The van der Waals surface area contributed by atoms with Gasteiger partial charge in [-0.1, -0.05) is 41.9 Å². The van der Waals surface area contributed by atoms with Crippen LogP contribution in [0.5, 0.6) is 6.01 Å². The third-order valence-corrected chi connectivity index (χ3v) is 11.3. The van der Waals surface area contributed by atoms with Crippen LogP contribution in [0.25, 0.3) is 32.9 Å². The number of benzene rings is 2. The van der Waals surface area contributed by atoms with Gasteiger partial charge in [-0.15, -0.1) is 0 Å². The summed E-state index contributed by atoms with van der Waals surface area (Å²) < 4.78 is 28.3. The molecule has 12 heteroatoms. The van der Waals surface area contributed by atoms with Crippen molar-refractivity contribution in [2.75, 3.05) is 37.7 Å². The minimum absolute atomic E-state index is 0.0315. The predicted octanol–water partition coefficient (Wildman–Crippen LogP) is 5.14. The number of carbonyl (C=O) groups is 2. The van der Waals surface area contributed by atoms with Gasteiger partial charge in [0.1, 0.15) is 23.6 Å². The second-order valence-electron chi connectivity index (χ2n) is 13.6. The Bertz CT molecular complexity index is 1920. The lowest BCUT2D eigenvalue weighted by Gasteiger charge is -2.43. The molecule has 1 amide bonds. The van der Waals surface area contributed by atoms with Gasteiger partial charge in [-0.2, -0.15) is 9.97 Å².